The Balaban J connectivity index is 1.95. The summed E-state index contributed by atoms with van der Waals surface area (Å²) in [4.78, 5) is 18.3. The first kappa shape index (κ1) is 16.0. The number of anilines is 1. The second-order valence-corrected chi connectivity index (χ2v) is 4.99. The second kappa shape index (κ2) is 8.17. The van der Waals surface area contributed by atoms with Gasteiger partial charge in [-0.25, -0.2) is 4.98 Å². The molecule has 0 atom stereocenters. The van der Waals surface area contributed by atoms with E-state index >= 15 is 0 Å². The van der Waals surface area contributed by atoms with Crippen molar-refractivity contribution in [3.8, 4) is 0 Å². The van der Waals surface area contributed by atoms with Crippen LogP contribution in [0.1, 0.15) is 17.3 Å². The molecule has 1 aromatic rings. The van der Waals surface area contributed by atoms with Gasteiger partial charge >= 0.3 is 0 Å². The van der Waals surface area contributed by atoms with Gasteiger partial charge in [0.05, 0.1) is 30.4 Å². The lowest BCUT2D eigenvalue weighted by atomic mass is 10.2. The molecule has 116 valence electrons. The van der Waals surface area contributed by atoms with Crippen LogP contribution in [-0.2, 0) is 9.47 Å². The average Bonchev–Trinajstić information content (AvgIpc) is 2.53. The molecular formula is C14H20ClN3O3. The highest BCUT2D eigenvalue weighted by Crippen LogP contribution is 2.21. The third-order valence-electron chi connectivity index (χ3n) is 3.13. The predicted octanol–water partition coefficient (Wildman–Crippen LogP) is 1.66. The van der Waals surface area contributed by atoms with Crippen molar-refractivity contribution in [1.82, 2.24) is 9.88 Å². The Morgan fingerprint density at radius 1 is 1.52 bits per heavy atom. The molecule has 0 aromatic carbocycles. The average molecular weight is 314 g/mol. The van der Waals surface area contributed by atoms with Crippen LogP contribution in [0.3, 0.4) is 0 Å². The molecule has 1 saturated heterocycles. The van der Waals surface area contributed by atoms with E-state index in [4.69, 9.17) is 21.1 Å². The van der Waals surface area contributed by atoms with Gasteiger partial charge in [-0.05, 0) is 13.0 Å². The zero-order chi connectivity index (χ0) is 15.1. The first-order valence-corrected chi connectivity index (χ1v) is 7.44. The number of hydrogen-bond acceptors (Lipinski definition) is 5. The molecule has 0 unspecified atom stereocenters. The van der Waals surface area contributed by atoms with Crippen LogP contribution in [0.4, 0.5) is 5.82 Å². The number of hydrogen-bond donors (Lipinski definition) is 1. The molecule has 2 heterocycles. The zero-order valence-corrected chi connectivity index (χ0v) is 12.9. The monoisotopic (exact) mass is 313 g/mol. The number of pyridine rings is 1. The molecule has 1 aromatic heterocycles. The van der Waals surface area contributed by atoms with Gasteiger partial charge < -0.3 is 19.7 Å². The number of aromatic nitrogens is 1. The summed E-state index contributed by atoms with van der Waals surface area (Å²) in [5, 5.41) is 3.52. The Morgan fingerprint density at radius 3 is 2.95 bits per heavy atom. The van der Waals surface area contributed by atoms with Gasteiger partial charge in [0.25, 0.3) is 5.91 Å². The number of amides is 1. The van der Waals surface area contributed by atoms with Crippen LogP contribution in [-0.4, -0.2) is 61.9 Å². The smallest absolute Gasteiger partial charge is 0.255 e. The van der Waals surface area contributed by atoms with E-state index in [-0.39, 0.29) is 5.91 Å². The molecule has 1 amide bonds. The minimum atomic E-state index is -0.0615. The maximum Gasteiger partial charge on any atom is 0.255 e. The number of carbonyl (C=O) groups is 1. The summed E-state index contributed by atoms with van der Waals surface area (Å²) >= 11 is 6.16. The Labute approximate surface area is 129 Å². The van der Waals surface area contributed by atoms with E-state index in [1.54, 1.807) is 17.2 Å². The summed E-state index contributed by atoms with van der Waals surface area (Å²) in [5.41, 5.74) is 0.497. The number of halogens is 1. The van der Waals surface area contributed by atoms with Crippen molar-refractivity contribution in [3.05, 3.63) is 22.8 Å². The van der Waals surface area contributed by atoms with Gasteiger partial charge in [0.15, 0.2) is 0 Å². The number of nitrogens with one attached hydrogen (secondary N) is 1. The minimum Gasteiger partial charge on any atom is -0.380 e. The molecule has 2 rings (SSSR count). The summed E-state index contributed by atoms with van der Waals surface area (Å²) in [6, 6.07) is 1.65. The van der Waals surface area contributed by atoms with Crippen LogP contribution >= 0.6 is 11.6 Å². The number of rotatable bonds is 6. The highest BCUT2D eigenvalue weighted by Gasteiger charge is 2.19. The maximum atomic E-state index is 12.3. The van der Waals surface area contributed by atoms with Crippen LogP contribution in [0.2, 0.25) is 5.02 Å². The van der Waals surface area contributed by atoms with Crippen molar-refractivity contribution in [2.45, 2.75) is 6.92 Å². The SMILES string of the molecule is CCOCCNc1ncc(C(=O)N2CCOCC2)cc1Cl. The molecule has 21 heavy (non-hydrogen) atoms. The van der Waals surface area contributed by atoms with Crippen molar-refractivity contribution in [2.75, 3.05) is 51.4 Å². The number of morpholine rings is 1. The summed E-state index contributed by atoms with van der Waals surface area (Å²) in [6.07, 6.45) is 1.55. The zero-order valence-electron chi connectivity index (χ0n) is 12.1. The molecule has 0 saturated carbocycles. The van der Waals surface area contributed by atoms with E-state index in [0.717, 1.165) is 0 Å². The third kappa shape index (κ3) is 4.56. The fourth-order valence-electron chi connectivity index (χ4n) is 2.02. The highest BCUT2D eigenvalue weighted by atomic mass is 35.5. The van der Waals surface area contributed by atoms with Gasteiger partial charge in [-0.15, -0.1) is 0 Å². The second-order valence-electron chi connectivity index (χ2n) is 4.58. The largest absolute Gasteiger partial charge is 0.380 e. The van der Waals surface area contributed by atoms with Crippen molar-refractivity contribution >= 4 is 23.3 Å². The summed E-state index contributed by atoms with van der Waals surface area (Å²) in [7, 11) is 0. The number of ether oxygens (including phenoxy) is 2. The van der Waals surface area contributed by atoms with Crippen molar-refractivity contribution in [3.63, 3.8) is 0 Å². The fourth-order valence-corrected chi connectivity index (χ4v) is 2.25. The third-order valence-corrected chi connectivity index (χ3v) is 3.42. The number of nitrogens with zero attached hydrogens (tertiary/aromatic N) is 2. The van der Waals surface area contributed by atoms with Crippen LogP contribution < -0.4 is 5.32 Å². The Morgan fingerprint density at radius 2 is 2.29 bits per heavy atom. The molecule has 0 aliphatic carbocycles. The summed E-state index contributed by atoms with van der Waals surface area (Å²) in [5.74, 6) is 0.503. The van der Waals surface area contributed by atoms with Gasteiger partial charge in [-0.1, -0.05) is 11.6 Å². The molecule has 1 aliphatic rings. The van der Waals surface area contributed by atoms with Crippen LogP contribution in [0.25, 0.3) is 0 Å². The van der Waals surface area contributed by atoms with Gasteiger partial charge in [0, 0.05) is 32.4 Å². The normalized spacial score (nSPS) is 15.0. The van der Waals surface area contributed by atoms with Crippen molar-refractivity contribution in [1.29, 1.82) is 0 Å². The van der Waals surface area contributed by atoms with Crippen molar-refractivity contribution < 1.29 is 14.3 Å². The maximum absolute atomic E-state index is 12.3. The summed E-state index contributed by atoms with van der Waals surface area (Å²) in [6.45, 7) is 6.18. The molecular weight excluding hydrogens is 294 g/mol. The topological polar surface area (TPSA) is 63.7 Å². The van der Waals surface area contributed by atoms with Gasteiger partial charge in [0.1, 0.15) is 5.82 Å². The Bertz CT molecular complexity index is 479. The first-order chi connectivity index (χ1) is 10.2. The molecule has 0 spiro atoms. The van der Waals surface area contributed by atoms with E-state index in [1.165, 1.54) is 0 Å². The van der Waals surface area contributed by atoms with Crippen LogP contribution in [0.15, 0.2) is 12.3 Å². The lowest BCUT2D eigenvalue weighted by molar-refractivity contribution is 0.0302. The van der Waals surface area contributed by atoms with Crippen LogP contribution in [0.5, 0.6) is 0 Å². The summed E-state index contributed by atoms with van der Waals surface area (Å²) < 4.78 is 10.5. The predicted molar refractivity (Wildman–Crippen MR) is 81.0 cm³/mol. The molecule has 7 heteroatoms. The lowest BCUT2D eigenvalue weighted by Crippen LogP contribution is -2.40. The highest BCUT2D eigenvalue weighted by molar-refractivity contribution is 6.33. The Kier molecular flexibility index (Phi) is 6.22. The van der Waals surface area contributed by atoms with Gasteiger partial charge in [-0.3, -0.25) is 4.79 Å². The first-order valence-electron chi connectivity index (χ1n) is 7.06. The number of carbonyl (C=O) groups excluding carboxylic acids is 1. The van der Waals surface area contributed by atoms with Crippen LogP contribution in [0, 0.1) is 0 Å². The molecule has 0 radical (unpaired) electrons. The molecule has 6 nitrogen and oxygen atoms in total. The Hall–Kier alpha value is -1.37. The standard InChI is InChI=1S/C14H20ClN3O3/c1-2-20-6-3-16-13-12(15)9-11(10-17-13)14(19)18-4-7-21-8-5-18/h9-10H,2-8H2,1H3,(H,16,17). The van der Waals surface area contributed by atoms with Gasteiger partial charge in [-0.2, -0.15) is 0 Å². The minimum absolute atomic E-state index is 0.0615. The quantitative estimate of drug-likeness (QED) is 0.809. The van der Waals surface area contributed by atoms with E-state index in [1.807, 2.05) is 6.92 Å². The van der Waals surface area contributed by atoms with E-state index in [0.29, 0.717) is 62.5 Å². The van der Waals surface area contributed by atoms with E-state index in [9.17, 15) is 4.79 Å². The fraction of sp³-hybridized carbons (Fsp3) is 0.571. The molecule has 1 aliphatic heterocycles. The van der Waals surface area contributed by atoms with E-state index < -0.39 is 0 Å². The van der Waals surface area contributed by atoms with E-state index in [2.05, 4.69) is 10.3 Å². The van der Waals surface area contributed by atoms with Gasteiger partial charge in [0.2, 0.25) is 0 Å². The molecule has 1 fully saturated rings. The van der Waals surface area contributed by atoms with Crippen molar-refractivity contribution in [2.24, 2.45) is 0 Å². The lowest BCUT2D eigenvalue weighted by Gasteiger charge is -2.26. The molecule has 1 N–H and O–H groups in total. The molecule has 0 bridgehead atoms.